The second kappa shape index (κ2) is 5.96. The van der Waals surface area contributed by atoms with E-state index in [0.717, 1.165) is 25.3 Å². The van der Waals surface area contributed by atoms with Crippen LogP contribution in [0, 0.1) is 10.1 Å². The van der Waals surface area contributed by atoms with E-state index in [-0.39, 0.29) is 22.3 Å². The van der Waals surface area contributed by atoms with Crippen molar-refractivity contribution in [2.75, 3.05) is 12.0 Å². The number of nitrogens with one attached hydrogen (secondary N) is 1. The van der Waals surface area contributed by atoms with Gasteiger partial charge < -0.3 is 5.43 Å². The third-order valence-corrected chi connectivity index (χ3v) is 5.71. The summed E-state index contributed by atoms with van der Waals surface area (Å²) in [6.45, 7) is 2.25. The quantitative estimate of drug-likeness (QED) is 0.493. The fourth-order valence-electron chi connectivity index (χ4n) is 2.51. The molecule has 0 radical (unpaired) electrons. The number of rotatable bonds is 4. The van der Waals surface area contributed by atoms with E-state index in [9.17, 15) is 18.5 Å². The molecule has 8 nitrogen and oxygen atoms in total. The van der Waals surface area contributed by atoms with Crippen LogP contribution in [-0.2, 0) is 10.0 Å². The molecule has 1 aliphatic rings. The van der Waals surface area contributed by atoms with Gasteiger partial charge in [-0.3, -0.25) is 16.0 Å². The molecule has 0 saturated carbocycles. The molecule has 1 fully saturated rings. The molecule has 0 spiro atoms. The van der Waals surface area contributed by atoms with E-state index in [4.69, 9.17) is 5.84 Å². The lowest BCUT2D eigenvalue weighted by molar-refractivity contribution is -0.385. The van der Waals surface area contributed by atoms with Gasteiger partial charge in [-0.2, -0.15) is 4.31 Å². The van der Waals surface area contributed by atoms with Gasteiger partial charge in [-0.15, -0.1) is 0 Å². The zero-order valence-electron chi connectivity index (χ0n) is 11.7. The molecule has 0 aromatic heterocycles. The fraction of sp³-hybridized carbons (Fsp3) is 0.500. The SMILES string of the molecule is CC1CCCCN1S(=O)(=O)c1cc([N+](=O)[O-])ccc1NN. The lowest BCUT2D eigenvalue weighted by Crippen LogP contribution is -2.42. The van der Waals surface area contributed by atoms with Crippen molar-refractivity contribution in [1.29, 1.82) is 0 Å². The van der Waals surface area contributed by atoms with Gasteiger partial charge in [0, 0.05) is 24.7 Å². The zero-order chi connectivity index (χ0) is 15.6. The van der Waals surface area contributed by atoms with Gasteiger partial charge in [0.1, 0.15) is 4.90 Å². The molecule has 2 rings (SSSR count). The van der Waals surface area contributed by atoms with Gasteiger partial charge in [0.2, 0.25) is 10.0 Å². The zero-order valence-corrected chi connectivity index (χ0v) is 12.5. The molecule has 3 N–H and O–H groups in total. The summed E-state index contributed by atoms with van der Waals surface area (Å²) < 4.78 is 26.9. The number of piperidine rings is 1. The number of hydrogen-bond donors (Lipinski definition) is 2. The standard InChI is InChI=1S/C12H18N4O4S/c1-9-4-2-3-7-15(9)21(19,20)12-8-10(16(17)18)5-6-11(12)14-13/h5-6,8-9,14H,2-4,7,13H2,1H3. The topological polar surface area (TPSA) is 119 Å². The number of nitro benzene ring substituents is 1. The van der Waals surface area contributed by atoms with Gasteiger partial charge in [0.05, 0.1) is 10.6 Å². The number of nitrogen functional groups attached to an aromatic ring is 1. The molecule has 0 aliphatic carbocycles. The number of anilines is 1. The van der Waals surface area contributed by atoms with Crippen molar-refractivity contribution in [2.24, 2.45) is 5.84 Å². The van der Waals surface area contributed by atoms with Crippen LogP contribution in [0.1, 0.15) is 26.2 Å². The molecular formula is C12H18N4O4S. The predicted octanol–water partition coefficient (Wildman–Crippen LogP) is 1.44. The van der Waals surface area contributed by atoms with E-state index in [1.54, 1.807) is 0 Å². The molecule has 21 heavy (non-hydrogen) atoms. The van der Waals surface area contributed by atoms with Crippen LogP contribution in [0.2, 0.25) is 0 Å². The minimum absolute atomic E-state index is 0.131. The van der Waals surface area contributed by atoms with Crippen molar-refractivity contribution in [3.63, 3.8) is 0 Å². The molecule has 1 aliphatic heterocycles. The van der Waals surface area contributed by atoms with E-state index in [0.29, 0.717) is 6.54 Å². The van der Waals surface area contributed by atoms with E-state index in [1.165, 1.54) is 16.4 Å². The first kappa shape index (κ1) is 15.7. The highest BCUT2D eigenvalue weighted by atomic mass is 32.2. The molecule has 0 amide bonds. The van der Waals surface area contributed by atoms with Gasteiger partial charge in [0.25, 0.3) is 5.69 Å². The minimum Gasteiger partial charge on any atom is -0.323 e. The maximum Gasteiger partial charge on any atom is 0.270 e. The van der Waals surface area contributed by atoms with Crippen molar-refractivity contribution >= 4 is 21.4 Å². The first-order chi connectivity index (χ1) is 9.87. The van der Waals surface area contributed by atoms with Crippen LogP contribution in [0.25, 0.3) is 0 Å². The number of nitrogens with zero attached hydrogens (tertiary/aromatic N) is 2. The third kappa shape index (κ3) is 2.99. The summed E-state index contributed by atoms with van der Waals surface area (Å²) in [7, 11) is -3.82. The van der Waals surface area contributed by atoms with Crippen molar-refractivity contribution in [2.45, 2.75) is 37.1 Å². The van der Waals surface area contributed by atoms with Gasteiger partial charge >= 0.3 is 0 Å². The largest absolute Gasteiger partial charge is 0.323 e. The summed E-state index contributed by atoms with van der Waals surface area (Å²) in [5.74, 6) is 5.33. The Kier molecular flexibility index (Phi) is 4.45. The lowest BCUT2D eigenvalue weighted by Gasteiger charge is -2.32. The highest BCUT2D eigenvalue weighted by molar-refractivity contribution is 7.89. The maximum absolute atomic E-state index is 12.8. The van der Waals surface area contributed by atoms with Crippen LogP contribution < -0.4 is 11.3 Å². The van der Waals surface area contributed by atoms with Crippen LogP contribution in [-0.4, -0.2) is 30.2 Å². The molecule has 1 atom stereocenters. The van der Waals surface area contributed by atoms with Gasteiger partial charge in [-0.1, -0.05) is 6.42 Å². The summed E-state index contributed by atoms with van der Waals surface area (Å²) in [6.07, 6.45) is 2.54. The van der Waals surface area contributed by atoms with Crippen LogP contribution in [0.4, 0.5) is 11.4 Å². The van der Waals surface area contributed by atoms with Gasteiger partial charge in [0.15, 0.2) is 0 Å². The highest BCUT2D eigenvalue weighted by Gasteiger charge is 2.33. The first-order valence-electron chi connectivity index (χ1n) is 6.65. The fourth-order valence-corrected chi connectivity index (χ4v) is 4.39. The predicted molar refractivity (Wildman–Crippen MR) is 78.1 cm³/mol. The molecule has 1 aromatic rings. The average molecular weight is 314 g/mol. The van der Waals surface area contributed by atoms with E-state index in [2.05, 4.69) is 5.43 Å². The van der Waals surface area contributed by atoms with Crippen LogP contribution in [0.3, 0.4) is 0 Å². The van der Waals surface area contributed by atoms with E-state index in [1.807, 2.05) is 6.92 Å². The first-order valence-corrected chi connectivity index (χ1v) is 8.09. The van der Waals surface area contributed by atoms with Crippen molar-refractivity contribution in [3.05, 3.63) is 28.3 Å². The summed E-state index contributed by atoms with van der Waals surface area (Å²) in [5.41, 5.74) is 2.16. The number of benzene rings is 1. The molecule has 1 saturated heterocycles. The van der Waals surface area contributed by atoms with Crippen LogP contribution in [0.5, 0.6) is 0 Å². The molecule has 1 heterocycles. The molecule has 0 bridgehead atoms. The molecular weight excluding hydrogens is 296 g/mol. The van der Waals surface area contributed by atoms with E-state index >= 15 is 0 Å². The molecule has 1 aromatic carbocycles. The number of hydrazine groups is 1. The summed E-state index contributed by atoms with van der Waals surface area (Å²) >= 11 is 0. The van der Waals surface area contributed by atoms with Gasteiger partial charge in [-0.05, 0) is 25.8 Å². The molecule has 116 valence electrons. The number of nitro groups is 1. The third-order valence-electron chi connectivity index (χ3n) is 3.66. The second-order valence-corrected chi connectivity index (χ2v) is 6.90. The highest BCUT2D eigenvalue weighted by Crippen LogP contribution is 2.31. The van der Waals surface area contributed by atoms with Crippen molar-refractivity contribution in [3.8, 4) is 0 Å². The number of sulfonamides is 1. The Morgan fingerprint density at radius 2 is 2.14 bits per heavy atom. The van der Waals surface area contributed by atoms with E-state index < -0.39 is 14.9 Å². The Hall–Kier alpha value is -1.71. The van der Waals surface area contributed by atoms with Crippen molar-refractivity contribution < 1.29 is 13.3 Å². The summed E-state index contributed by atoms with van der Waals surface area (Å²) in [6, 6.07) is 3.44. The van der Waals surface area contributed by atoms with Crippen LogP contribution in [0.15, 0.2) is 23.1 Å². The summed E-state index contributed by atoms with van der Waals surface area (Å²) in [5, 5.41) is 10.9. The number of hydrogen-bond acceptors (Lipinski definition) is 6. The maximum atomic E-state index is 12.8. The van der Waals surface area contributed by atoms with Crippen molar-refractivity contribution in [1.82, 2.24) is 4.31 Å². The Morgan fingerprint density at radius 3 is 2.71 bits per heavy atom. The normalized spacial score (nSPS) is 20.2. The summed E-state index contributed by atoms with van der Waals surface area (Å²) in [4.78, 5) is 10.1. The average Bonchev–Trinajstić information content (AvgIpc) is 2.46. The Morgan fingerprint density at radius 1 is 1.43 bits per heavy atom. The smallest absolute Gasteiger partial charge is 0.270 e. The second-order valence-electron chi connectivity index (χ2n) is 5.04. The number of non-ortho nitro benzene ring substituents is 1. The lowest BCUT2D eigenvalue weighted by atomic mass is 10.1. The minimum atomic E-state index is -3.82. The monoisotopic (exact) mass is 314 g/mol. The number of nitrogens with two attached hydrogens (primary N) is 1. The molecule has 9 heteroatoms. The molecule has 1 unspecified atom stereocenters. The Labute approximate surface area is 123 Å². The van der Waals surface area contributed by atoms with Crippen LogP contribution >= 0.6 is 0 Å². The van der Waals surface area contributed by atoms with Gasteiger partial charge in [-0.25, -0.2) is 8.42 Å². The Bertz CT molecular complexity index is 647. The Balaban J connectivity index is 2.52.